The van der Waals surface area contributed by atoms with Crippen molar-refractivity contribution in [2.45, 2.75) is 0 Å². The van der Waals surface area contributed by atoms with Gasteiger partial charge in [0.1, 0.15) is 0 Å². The monoisotopic (exact) mass is 595 g/mol. The Labute approximate surface area is 248 Å². The minimum Gasteiger partial charge on any atom is -0.493 e. The molecule has 0 saturated heterocycles. The summed E-state index contributed by atoms with van der Waals surface area (Å²) in [4.78, 5) is 13.8. The number of anilines is 2. The van der Waals surface area contributed by atoms with Crippen LogP contribution in [0.5, 0.6) is 17.2 Å². The van der Waals surface area contributed by atoms with Crippen molar-refractivity contribution in [2.24, 2.45) is 0 Å². The summed E-state index contributed by atoms with van der Waals surface area (Å²) >= 11 is 2.65. The Kier molecular flexibility index (Phi) is 7.46. The fourth-order valence-electron chi connectivity index (χ4n) is 4.08. The average molecular weight is 596 g/mol. The summed E-state index contributed by atoms with van der Waals surface area (Å²) in [6, 6.07) is 20.6. The molecular weight excluding hydrogens is 574 g/mol. The van der Waals surface area contributed by atoms with E-state index in [0.717, 1.165) is 28.1 Å². The average Bonchev–Trinajstić information content (AvgIpc) is 3.82. The van der Waals surface area contributed by atoms with E-state index in [1.54, 1.807) is 45.6 Å². The molecule has 0 atom stereocenters. The van der Waals surface area contributed by atoms with Crippen molar-refractivity contribution in [1.29, 1.82) is 5.26 Å². The van der Waals surface area contributed by atoms with Gasteiger partial charge in [-0.05, 0) is 48.5 Å². The number of nitriles is 1. The number of rotatable bonds is 9. The zero-order valence-electron chi connectivity index (χ0n) is 22.5. The third-order valence-corrected chi connectivity index (χ3v) is 7.63. The molecule has 0 amide bonds. The Morgan fingerprint density at radius 3 is 2.19 bits per heavy atom. The highest BCUT2D eigenvalue weighted by atomic mass is 32.1. The molecule has 0 saturated carbocycles. The summed E-state index contributed by atoms with van der Waals surface area (Å²) in [5.41, 5.74) is 4.63. The predicted octanol–water partition coefficient (Wildman–Crippen LogP) is 6.69. The lowest BCUT2D eigenvalue weighted by molar-refractivity contribution is 0.324. The molecule has 3 aromatic heterocycles. The maximum Gasteiger partial charge on any atom is 0.287 e. The number of nitrogens with zero attached hydrogens (tertiary/aromatic N) is 6. The molecule has 3 heterocycles. The van der Waals surface area contributed by atoms with Gasteiger partial charge in [0.15, 0.2) is 22.3 Å². The van der Waals surface area contributed by atoms with Gasteiger partial charge in [0.2, 0.25) is 16.7 Å². The molecule has 0 aliphatic heterocycles. The van der Waals surface area contributed by atoms with Gasteiger partial charge in [0.25, 0.3) is 5.89 Å². The van der Waals surface area contributed by atoms with E-state index in [2.05, 4.69) is 35.9 Å². The van der Waals surface area contributed by atoms with E-state index >= 15 is 0 Å². The Morgan fingerprint density at radius 2 is 1.52 bits per heavy atom. The molecule has 0 unspecified atom stereocenters. The van der Waals surface area contributed by atoms with Gasteiger partial charge in [0, 0.05) is 39.3 Å². The molecule has 6 rings (SSSR count). The molecular formula is C29H21N7O4S2. The zero-order chi connectivity index (χ0) is 29.1. The summed E-state index contributed by atoms with van der Waals surface area (Å²) in [6.45, 7) is 0. The summed E-state index contributed by atoms with van der Waals surface area (Å²) in [7, 11) is 4.69. The Hall–Kier alpha value is -5.32. The van der Waals surface area contributed by atoms with E-state index in [1.807, 2.05) is 41.8 Å². The maximum atomic E-state index is 9.00. The number of aromatic nitrogens is 5. The second-order valence-electron chi connectivity index (χ2n) is 8.69. The fraction of sp³-hybridized carbons (Fsp3) is 0.103. The molecule has 208 valence electrons. The summed E-state index contributed by atoms with van der Waals surface area (Å²) in [5.74, 6) is 2.88. The molecule has 0 aliphatic rings. The van der Waals surface area contributed by atoms with Crippen LogP contribution in [0.15, 0.2) is 70.6 Å². The van der Waals surface area contributed by atoms with Crippen LogP contribution >= 0.6 is 22.9 Å². The third kappa shape index (κ3) is 5.36. The first-order chi connectivity index (χ1) is 20.6. The molecule has 0 aliphatic carbocycles. The van der Waals surface area contributed by atoms with Crippen LogP contribution in [0.25, 0.3) is 44.9 Å². The van der Waals surface area contributed by atoms with Crippen LogP contribution in [-0.2, 0) is 0 Å². The molecule has 0 spiro atoms. The third-order valence-electron chi connectivity index (χ3n) is 6.17. The number of benzene rings is 3. The van der Waals surface area contributed by atoms with Crippen molar-refractivity contribution in [3.8, 4) is 68.2 Å². The number of nitrogens with one attached hydrogen (secondary N) is 1. The van der Waals surface area contributed by atoms with Gasteiger partial charge in [-0.15, -0.1) is 11.3 Å². The Bertz CT molecular complexity index is 1870. The van der Waals surface area contributed by atoms with Crippen molar-refractivity contribution >= 4 is 33.7 Å². The SMILES string of the molecule is COc1cc(-c2nsc(Nc3ccc(-c4noc(-c5nc(-c6ccc(C#N)cc6)cs5)n4)cc3)n2)cc(OC)c1OC. The van der Waals surface area contributed by atoms with Gasteiger partial charge >= 0.3 is 0 Å². The van der Waals surface area contributed by atoms with Crippen LogP contribution in [0.2, 0.25) is 0 Å². The Morgan fingerprint density at radius 1 is 0.810 bits per heavy atom. The number of hydrogen-bond donors (Lipinski definition) is 1. The quantitative estimate of drug-likeness (QED) is 0.191. The second kappa shape index (κ2) is 11.7. The molecule has 3 aromatic carbocycles. The van der Waals surface area contributed by atoms with Crippen LogP contribution in [0.3, 0.4) is 0 Å². The predicted molar refractivity (Wildman–Crippen MR) is 159 cm³/mol. The van der Waals surface area contributed by atoms with Crippen molar-refractivity contribution in [3.63, 3.8) is 0 Å². The first kappa shape index (κ1) is 26.9. The number of ether oxygens (including phenoxy) is 3. The van der Waals surface area contributed by atoms with E-state index in [1.165, 1.54) is 22.9 Å². The lowest BCUT2D eigenvalue weighted by Gasteiger charge is -2.12. The minimum absolute atomic E-state index is 0.338. The van der Waals surface area contributed by atoms with E-state index in [-0.39, 0.29) is 0 Å². The van der Waals surface area contributed by atoms with Crippen molar-refractivity contribution in [3.05, 3.63) is 71.6 Å². The molecule has 0 bridgehead atoms. The number of hydrogen-bond acceptors (Lipinski definition) is 13. The summed E-state index contributed by atoms with van der Waals surface area (Å²) in [5, 5.41) is 19.6. The molecule has 13 heteroatoms. The highest BCUT2D eigenvalue weighted by Crippen LogP contribution is 2.41. The minimum atomic E-state index is 0.338. The van der Waals surface area contributed by atoms with Crippen LogP contribution < -0.4 is 19.5 Å². The smallest absolute Gasteiger partial charge is 0.287 e. The number of thiazole rings is 1. The van der Waals surface area contributed by atoms with Crippen LogP contribution in [0, 0.1) is 11.3 Å². The fourth-order valence-corrected chi connectivity index (χ4v) is 5.43. The topological polar surface area (TPSA) is 141 Å². The van der Waals surface area contributed by atoms with E-state index in [0.29, 0.717) is 50.5 Å². The van der Waals surface area contributed by atoms with Crippen molar-refractivity contribution < 1.29 is 18.7 Å². The van der Waals surface area contributed by atoms with Gasteiger partial charge in [-0.3, -0.25) is 0 Å². The van der Waals surface area contributed by atoms with Crippen molar-refractivity contribution in [1.82, 2.24) is 24.5 Å². The Balaban J connectivity index is 1.15. The zero-order valence-corrected chi connectivity index (χ0v) is 24.1. The van der Waals surface area contributed by atoms with E-state index < -0.39 is 0 Å². The summed E-state index contributed by atoms with van der Waals surface area (Å²) in [6.07, 6.45) is 0. The van der Waals surface area contributed by atoms with Gasteiger partial charge in [-0.1, -0.05) is 17.3 Å². The van der Waals surface area contributed by atoms with Gasteiger partial charge in [-0.25, -0.2) is 4.98 Å². The summed E-state index contributed by atoms with van der Waals surface area (Å²) < 4.78 is 26.3. The molecule has 6 aromatic rings. The maximum absolute atomic E-state index is 9.00. The van der Waals surface area contributed by atoms with E-state index in [9.17, 15) is 0 Å². The largest absolute Gasteiger partial charge is 0.493 e. The highest BCUT2D eigenvalue weighted by molar-refractivity contribution is 7.13. The van der Waals surface area contributed by atoms with Crippen LogP contribution in [-0.4, -0.2) is 45.8 Å². The molecule has 11 nitrogen and oxygen atoms in total. The lowest BCUT2D eigenvalue weighted by Crippen LogP contribution is -1.96. The van der Waals surface area contributed by atoms with E-state index in [4.69, 9.17) is 24.0 Å². The molecule has 42 heavy (non-hydrogen) atoms. The second-order valence-corrected chi connectivity index (χ2v) is 10.3. The van der Waals surface area contributed by atoms with Gasteiger partial charge in [0.05, 0.1) is 38.7 Å². The number of methoxy groups -OCH3 is 3. The van der Waals surface area contributed by atoms with Crippen LogP contribution in [0.1, 0.15) is 5.56 Å². The normalized spacial score (nSPS) is 10.7. The highest BCUT2D eigenvalue weighted by Gasteiger charge is 2.18. The van der Waals surface area contributed by atoms with Crippen molar-refractivity contribution in [2.75, 3.05) is 26.6 Å². The first-order valence-corrected chi connectivity index (χ1v) is 14.1. The first-order valence-electron chi connectivity index (χ1n) is 12.4. The molecule has 1 N–H and O–H groups in total. The molecule has 0 radical (unpaired) electrons. The molecule has 0 fully saturated rings. The lowest BCUT2D eigenvalue weighted by atomic mass is 10.1. The van der Waals surface area contributed by atoms with Crippen LogP contribution in [0.4, 0.5) is 10.8 Å². The standard InChI is InChI=1S/C29H21N7O4S2/c1-37-22-12-19(13-23(38-2)24(22)39-3)26-34-29(42-36-26)31-20-10-8-18(9-11-20)25-33-27(40-35-25)28-32-21(15-41-28)17-6-4-16(14-30)5-7-17/h4-13,15H,1-3H3,(H,31,34,36). The van der Waals surface area contributed by atoms with Gasteiger partial charge in [-0.2, -0.15) is 19.6 Å². The van der Waals surface area contributed by atoms with Gasteiger partial charge < -0.3 is 24.1 Å².